The van der Waals surface area contributed by atoms with Gasteiger partial charge in [0.15, 0.2) is 0 Å². The molecule has 1 aliphatic rings. The molecule has 0 aromatic heterocycles. The standard InChI is InChI=1S/C16H23ClN2O3/c1-13(16(20)21-2)19-9-7-18(8-10-19)11-12-22-15-5-3-14(17)4-6-15/h3-6,13H,7-12H2,1-2H3/t13-/m0/s1. The number of methoxy groups -OCH3 is 1. The van der Waals surface area contributed by atoms with E-state index in [4.69, 9.17) is 21.1 Å². The highest BCUT2D eigenvalue weighted by molar-refractivity contribution is 6.30. The highest BCUT2D eigenvalue weighted by atomic mass is 35.5. The van der Waals surface area contributed by atoms with Gasteiger partial charge >= 0.3 is 5.97 Å². The first-order valence-electron chi connectivity index (χ1n) is 7.53. The van der Waals surface area contributed by atoms with Crippen molar-refractivity contribution in [3.8, 4) is 5.75 Å². The molecule has 0 spiro atoms. The van der Waals surface area contributed by atoms with Gasteiger partial charge < -0.3 is 9.47 Å². The molecule has 1 aromatic rings. The van der Waals surface area contributed by atoms with Crippen molar-refractivity contribution in [1.29, 1.82) is 0 Å². The van der Waals surface area contributed by atoms with Gasteiger partial charge in [-0.15, -0.1) is 0 Å². The van der Waals surface area contributed by atoms with Crippen molar-refractivity contribution in [2.45, 2.75) is 13.0 Å². The van der Waals surface area contributed by atoms with E-state index < -0.39 is 0 Å². The van der Waals surface area contributed by atoms with E-state index >= 15 is 0 Å². The zero-order valence-electron chi connectivity index (χ0n) is 13.1. The lowest BCUT2D eigenvalue weighted by Gasteiger charge is -2.36. The van der Waals surface area contributed by atoms with Crippen LogP contribution in [0.1, 0.15) is 6.92 Å². The third kappa shape index (κ3) is 4.87. The van der Waals surface area contributed by atoms with Gasteiger partial charge in [-0.3, -0.25) is 14.6 Å². The molecule has 122 valence electrons. The Kier molecular flexibility index (Phi) is 6.49. The molecule has 0 unspecified atom stereocenters. The molecule has 6 heteroatoms. The first kappa shape index (κ1) is 17.1. The van der Waals surface area contributed by atoms with E-state index in [2.05, 4.69) is 9.80 Å². The Bertz CT molecular complexity index is 473. The largest absolute Gasteiger partial charge is 0.492 e. The van der Waals surface area contributed by atoms with Crippen molar-refractivity contribution < 1.29 is 14.3 Å². The van der Waals surface area contributed by atoms with Gasteiger partial charge in [-0.25, -0.2) is 0 Å². The number of hydrogen-bond donors (Lipinski definition) is 0. The monoisotopic (exact) mass is 326 g/mol. The Morgan fingerprint density at radius 3 is 2.45 bits per heavy atom. The molecule has 1 heterocycles. The van der Waals surface area contributed by atoms with Gasteiger partial charge in [0.2, 0.25) is 0 Å². The number of esters is 1. The van der Waals surface area contributed by atoms with Crippen molar-refractivity contribution >= 4 is 17.6 Å². The first-order valence-corrected chi connectivity index (χ1v) is 7.90. The number of carbonyl (C=O) groups is 1. The van der Waals surface area contributed by atoms with E-state index in [-0.39, 0.29) is 12.0 Å². The summed E-state index contributed by atoms with van der Waals surface area (Å²) >= 11 is 5.84. The van der Waals surface area contributed by atoms with Crippen LogP contribution in [0.2, 0.25) is 5.02 Å². The zero-order chi connectivity index (χ0) is 15.9. The van der Waals surface area contributed by atoms with Gasteiger partial charge in [-0.1, -0.05) is 11.6 Å². The van der Waals surface area contributed by atoms with Crippen LogP contribution < -0.4 is 4.74 Å². The molecule has 0 saturated carbocycles. The predicted octanol–water partition coefficient (Wildman–Crippen LogP) is 1.90. The fourth-order valence-corrected chi connectivity index (χ4v) is 2.64. The topological polar surface area (TPSA) is 42.0 Å². The molecule has 1 atom stereocenters. The van der Waals surface area contributed by atoms with Crippen molar-refractivity contribution in [2.75, 3.05) is 46.4 Å². The van der Waals surface area contributed by atoms with Crippen LogP contribution in [0, 0.1) is 0 Å². The second-order valence-electron chi connectivity index (χ2n) is 5.38. The number of hydrogen-bond acceptors (Lipinski definition) is 5. The van der Waals surface area contributed by atoms with Gasteiger partial charge in [-0.05, 0) is 31.2 Å². The third-order valence-electron chi connectivity index (χ3n) is 3.99. The Hall–Kier alpha value is -1.30. The lowest BCUT2D eigenvalue weighted by Crippen LogP contribution is -2.52. The van der Waals surface area contributed by atoms with Crippen LogP contribution in [0.25, 0.3) is 0 Å². The van der Waals surface area contributed by atoms with Crippen molar-refractivity contribution in [3.05, 3.63) is 29.3 Å². The van der Waals surface area contributed by atoms with Gasteiger partial charge in [-0.2, -0.15) is 0 Å². The molecule has 22 heavy (non-hydrogen) atoms. The maximum Gasteiger partial charge on any atom is 0.322 e. The maximum absolute atomic E-state index is 11.5. The quantitative estimate of drug-likeness (QED) is 0.747. The average Bonchev–Trinajstić information content (AvgIpc) is 2.56. The van der Waals surface area contributed by atoms with Gasteiger partial charge in [0.05, 0.1) is 7.11 Å². The third-order valence-corrected chi connectivity index (χ3v) is 4.24. The second kappa shape index (κ2) is 8.36. The number of rotatable bonds is 6. The summed E-state index contributed by atoms with van der Waals surface area (Å²) in [7, 11) is 1.43. The van der Waals surface area contributed by atoms with Gasteiger partial charge in [0.25, 0.3) is 0 Å². The molecular weight excluding hydrogens is 304 g/mol. The molecule has 0 N–H and O–H groups in total. The number of benzene rings is 1. The highest BCUT2D eigenvalue weighted by Gasteiger charge is 2.25. The van der Waals surface area contributed by atoms with Crippen LogP contribution in [-0.4, -0.2) is 68.3 Å². The van der Waals surface area contributed by atoms with E-state index in [0.29, 0.717) is 11.6 Å². The van der Waals surface area contributed by atoms with Crippen LogP contribution in [-0.2, 0) is 9.53 Å². The molecule has 1 aliphatic heterocycles. The molecule has 5 nitrogen and oxygen atoms in total. The summed E-state index contributed by atoms with van der Waals surface area (Å²) in [6.07, 6.45) is 0. The van der Waals surface area contributed by atoms with E-state index in [0.717, 1.165) is 38.5 Å². The Morgan fingerprint density at radius 2 is 1.86 bits per heavy atom. The molecule has 0 aliphatic carbocycles. The van der Waals surface area contributed by atoms with Crippen molar-refractivity contribution in [1.82, 2.24) is 9.80 Å². The Labute approximate surface area is 136 Å². The molecule has 1 aromatic carbocycles. The van der Waals surface area contributed by atoms with Crippen molar-refractivity contribution in [3.63, 3.8) is 0 Å². The zero-order valence-corrected chi connectivity index (χ0v) is 13.9. The Balaban J connectivity index is 1.67. The Morgan fingerprint density at radius 1 is 1.23 bits per heavy atom. The number of nitrogens with zero attached hydrogens (tertiary/aromatic N) is 2. The minimum Gasteiger partial charge on any atom is -0.492 e. The van der Waals surface area contributed by atoms with E-state index in [1.807, 2.05) is 31.2 Å². The number of piperazine rings is 1. The molecule has 0 bridgehead atoms. The molecule has 0 amide bonds. The van der Waals surface area contributed by atoms with E-state index in [1.165, 1.54) is 7.11 Å². The van der Waals surface area contributed by atoms with Crippen molar-refractivity contribution in [2.24, 2.45) is 0 Å². The summed E-state index contributed by atoms with van der Waals surface area (Å²) < 4.78 is 10.5. The number of carbonyl (C=O) groups excluding carboxylic acids is 1. The second-order valence-corrected chi connectivity index (χ2v) is 5.82. The molecule has 1 saturated heterocycles. The summed E-state index contributed by atoms with van der Waals surface area (Å²) in [5.74, 6) is 0.668. The normalized spacial score (nSPS) is 18.0. The van der Waals surface area contributed by atoms with Crippen LogP contribution in [0.3, 0.4) is 0 Å². The summed E-state index contributed by atoms with van der Waals surface area (Å²) in [5.41, 5.74) is 0. The fraction of sp³-hybridized carbons (Fsp3) is 0.562. The predicted molar refractivity (Wildman–Crippen MR) is 86.4 cm³/mol. The molecule has 1 fully saturated rings. The molecular formula is C16H23ClN2O3. The lowest BCUT2D eigenvalue weighted by atomic mass is 10.2. The van der Waals surface area contributed by atoms with E-state index in [1.54, 1.807) is 0 Å². The van der Waals surface area contributed by atoms with Gasteiger partial charge in [0.1, 0.15) is 18.4 Å². The maximum atomic E-state index is 11.5. The summed E-state index contributed by atoms with van der Waals surface area (Å²) in [4.78, 5) is 16.0. The lowest BCUT2D eigenvalue weighted by molar-refractivity contribution is -0.147. The van der Waals surface area contributed by atoms with Gasteiger partial charge in [0, 0.05) is 37.7 Å². The van der Waals surface area contributed by atoms with E-state index in [9.17, 15) is 4.79 Å². The van der Waals surface area contributed by atoms with Crippen LogP contribution in [0.5, 0.6) is 5.75 Å². The molecule has 2 rings (SSSR count). The minimum absolute atomic E-state index is 0.167. The number of ether oxygens (including phenoxy) is 2. The summed E-state index contributed by atoms with van der Waals surface area (Å²) in [6.45, 7) is 7.04. The highest BCUT2D eigenvalue weighted by Crippen LogP contribution is 2.15. The van der Waals surface area contributed by atoms with Crippen LogP contribution >= 0.6 is 11.6 Å². The minimum atomic E-state index is -0.169. The SMILES string of the molecule is COC(=O)[C@H](C)N1CCN(CCOc2ccc(Cl)cc2)CC1. The smallest absolute Gasteiger partial charge is 0.322 e. The number of halogens is 1. The first-order chi connectivity index (χ1) is 10.6. The summed E-state index contributed by atoms with van der Waals surface area (Å²) in [5, 5.41) is 0.711. The molecule has 0 radical (unpaired) electrons. The fourth-order valence-electron chi connectivity index (χ4n) is 2.52. The van der Waals surface area contributed by atoms with Crippen LogP contribution in [0.4, 0.5) is 0 Å². The van der Waals surface area contributed by atoms with Crippen LogP contribution in [0.15, 0.2) is 24.3 Å². The average molecular weight is 327 g/mol. The summed E-state index contributed by atoms with van der Waals surface area (Å²) in [6, 6.07) is 7.22.